The maximum Gasteiger partial charge on any atom is 0.437 e. The molecule has 0 radical (unpaired) electrons. The first-order chi connectivity index (χ1) is 8.34. The molecule has 0 heterocycles. The largest absolute Gasteiger partial charge is 0.462 e. The minimum Gasteiger partial charge on any atom is -0.462 e. The number of hydrogen-bond donors (Lipinski definition) is 1. The number of ether oxygens (including phenoxy) is 2. The molecule has 0 atom stereocenters. The first kappa shape index (κ1) is 17.5. The summed E-state index contributed by atoms with van der Waals surface area (Å²) in [7, 11) is 0. The summed E-state index contributed by atoms with van der Waals surface area (Å²) >= 11 is 0. The van der Waals surface area contributed by atoms with Crippen molar-refractivity contribution < 1.29 is 50.5 Å². The van der Waals surface area contributed by atoms with E-state index in [-0.39, 0.29) is 0 Å². The summed E-state index contributed by atoms with van der Waals surface area (Å²) in [6.45, 7) is -0.886. The van der Waals surface area contributed by atoms with Gasteiger partial charge in [0.05, 0.1) is 0 Å². The Kier molecular flexibility index (Phi) is 5.18. The Hall–Kier alpha value is -1.52. The number of alkyl halides is 6. The summed E-state index contributed by atoms with van der Waals surface area (Å²) in [5.41, 5.74) is -5.63. The van der Waals surface area contributed by atoms with E-state index >= 15 is 0 Å². The monoisotopic (exact) mass is 298 g/mol. The Balaban J connectivity index is 4.83. The highest BCUT2D eigenvalue weighted by Crippen LogP contribution is 2.43. The zero-order valence-electron chi connectivity index (χ0n) is 9.26. The first-order valence-electron chi connectivity index (χ1n) is 4.50. The quantitative estimate of drug-likeness (QED) is 0.475. The Morgan fingerprint density at radius 1 is 0.947 bits per heavy atom. The molecule has 0 aromatic heterocycles. The molecule has 0 rings (SSSR count). The Morgan fingerprint density at radius 2 is 1.32 bits per heavy atom. The van der Waals surface area contributed by atoms with Gasteiger partial charge >= 0.3 is 29.9 Å². The van der Waals surface area contributed by atoms with Crippen LogP contribution in [0, 0.1) is 0 Å². The number of esters is 2. The van der Waals surface area contributed by atoms with E-state index in [1.165, 1.54) is 0 Å². The van der Waals surface area contributed by atoms with Gasteiger partial charge in [-0.05, 0) is 0 Å². The summed E-state index contributed by atoms with van der Waals surface area (Å²) in [5.74, 6) is -3.82. The summed E-state index contributed by atoms with van der Waals surface area (Å²) in [6, 6.07) is 0. The van der Waals surface area contributed by atoms with E-state index < -0.39 is 43.1 Å². The van der Waals surface area contributed by atoms with E-state index in [2.05, 4.69) is 9.47 Å². The van der Waals surface area contributed by atoms with Gasteiger partial charge in [0.2, 0.25) is 0 Å². The molecule has 0 aliphatic heterocycles. The Morgan fingerprint density at radius 3 is 1.63 bits per heavy atom. The van der Waals surface area contributed by atoms with Crippen molar-refractivity contribution in [1.29, 1.82) is 0 Å². The Bertz CT molecular complexity index is 333. The van der Waals surface area contributed by atoms with Gasteiger partial charge < -0.3 is 14.6 Å². The first-order valence-corrected chi connectivity index (χ1v) is 4.50. The normalized spacial score (nSPS) is 13.1. The standard InChI is InChI=1S/C8H8F6O5/c1-4(15)18-2-3-19-5(16)6(17,7(9,10)11)8(12,13)14/h17H,2-3H2,1H3. The molecule has 11 heteroatoms. The number of carbonyl (C=O) groups excluding carboxylic acids is 2. The van der Waals surface area contributed by atoms with Crippen LogP contribution in [-0.2, 0) is 19.1 Å². The van der Waals surface area contributed by atoms with Gasteiger partial charge in [0.15, 0.2) is 0 Å². The second-order valence-electron chi connectivity index (χ2n) is 3.18. The molecular formula is C8H8F6O5. The third-order valence-electron chi connectivity index (χ3n) is 1.74. The summed E-state index contributed by atoms with van der Waals surface area (Å²) in [5, 5.41) is 8.53. The molecule has 0 aliphatic rings. The predicted molar refractivity (Wildman–Crippen MR) is 44.7 cm³/mol. The molecule has 0 spiro atoms. The van der Waals surface area contributed by atoms with E-state index in [1.807, 2.05) is 0 Å². The summed E-state index contributed by atoms with van der Waals surface area (Å²) in [4.78, 5) is 21.0. The van der Waals surface area contributed by atoms with E-state index in [4.69, 9.17) is 5.11 Å². The van der Waals surface area contributed by atoms with Gasteiger partial charge in [-0.25, -0.2) is 4.79 Å². The fourth-order valence-corrected chi connectivity index (χ4v) is 0.816. The number of aliphatic hydroxyl groups is 1. The van der Waals surface area contributed by atoms with Crippen LogP contribution in [0.3, 0.4) is 0 Å². The van der Waals surface area contributed by atoms with E-state index in [0.717, 1.165) is 6.92 Å². The van der Waals surface area contributed by atoms with Gasteiger partial charge in [-0.2, -0.15) is 26.3 Å². The van der Waals surface area contributed by atoms with Gasteiger partial charge in [-0.15, -0.1) is 0 Å². The minimum atomic E-state index is -6.30. The van der Waals surface area contributed by atoms with Crippen LogP contribution in [0.4, 0.5) is 26.3 Å². The molecule has 112 valence electrons. The average molecular weight is 298 g/mol. The van der Waals surface area contributed by atoms with Crippen LogP contribution >= 0.6 is 0 Å². The van der Waals surface area contributed by atoms with E-state index in [0.29, 0.717) is 0 Å². The van der Waals surface area contributed by atoms with Crippen molar-refractivity contribution >= 4 is 11.9 Å². The van der Waals surface area contributed by atoms with Crippen molar-refractivity contribution in [2.75, 3.05) is 13.2 Å². The highest BCUT2D eigenvalue weighted by Gasteiger charge is 2.76. The van der Waals surface area contributed by atoms with Crippen LogP contribution in [0.25, 0.3) is 0 Å². The fourth-order valence-electron chi connectivity index (χ4n) is 0.816. The lowest BCUT2D eigenvalue weighted by molar-refractivity contribution is -0.357. The highest BCUT2D eigenvalue weighted by molar-refractivity contribution is 5.81. The van der Waals surface area contributed by atoms with Gasteiger partial charge in [-0.1, -0.05) is 0 Å². The number of hydrogen-bond acceptors (Lipinski definition) is 5. The third kappa shape index (κ3) is 3.98. The van der Waals surface area contributed by atoms with Gasteiger partial charge in [0.25, 0.3) is 0 Å². The molecule has 0 aromatic carbocycles. The molecule has 5 nitrogen and oxygen atoms in total. The second kappa shape index (κ2) is 5.63. The number of halogens is 6. The average Bonchev–Trinajstić information content (AvgIpc) is 2.19. The van der Waals surface area contributed by atoms with Crippen molar-refractivity contribution in [3.05, 3.63) is 0 Å². The molecule has 0 unspecified atom stereocenters. The van der Waals surface area contributed by atoms with Crippen LogP contribution in [-0.4, -0.2) is 48.2 Å². The van der Waals surface area contributed by atoms with Crippen LogP contribution in [0.1, 0.15) is 6.92 Å². The lowest BCUT2D eigenvalue weighted by Gasteiger charge is -2.29. The third-order valence-corrected chi connectivity index (χ3v) is 1.74. The molecule has 0 saturated carbocycles. The zero-order chi connectivity index (χ0) is 15.5. The lowest BCUT2D eigenvalue weighted by atomic mass is 10.0. The molecule has 0 bridgehead atoms. The van der Waals surface area contributed by atoms with Gasteiger partial charge in [0.1, 0.15) is 13.2 Å². The van der Waals surface area contributed by atoms with Crippen LogP contribution in [0.15, 0.2) is 0 Å². The maximum atomic E-state index is 12.1. The second-order valence-corrected chi connectivity index (χ2v) is 3.18. The van der Waals surface area contributed by atoms with E-state index in [9.17, 15) is 35.9 Å². The lowest BCUT2D eigenvalue weighted by Crippen LogP contribution is -2.63. The summed E-state index contributed by atoms with van der Waals surface area (Å²) < 4.78 is 80.5. The summed E-state index contributed by atoms with van der Waals surface area (Å²) in [6.07, 6.45) is -12.6. The molecule has 0 fully saturated rings. The van der Waals surface area contributed by atoms with Crippen molar-refractivity contribution in [1.82, 2.24) is 0 Å². The highest BCUT2D eigenvalue weighted by atomic mass is 19.4. The van der Waals surface area contributed by atoms with Gasteiger partial charge in [-0.3, -0.25) is 4.79 Å². The van der Waals surface area contributed by atoms with Gasteiger partial charge in [0, 0.05) is 6.92 Å². The van der Waals surface area contributed by atoms with Crippen molar-refractivity contribution in [2.24, 2.45) is 0 Å². The van der Waals surface area contributed by atoms with Crippen molar-refractivity contribution in [3.8, 4) is 0 Å². The molecule has 0 saturated heterocycles. The number of rotatable bonds is 4. The van der Waals surface area contributed by atoms with Crippen molar-refractivity contribution in [3.63, 3.8) is 0 Å². The van der Waals surface area contributed by atoms with E-state index in [1.54, 1.807) is 0 Å². The molecule has 19 heavy (non-hydrogen) atoms. The smallest absolute Gasteiger partial charge is 0.437 e. The molecule has 0 aliphatic carbocycles. The number of carbonyl (C=O) groups is 2. The maximum absolute atomic E-state index is 12.1. The molecule has 1 N–H and O–H groups in total. The molecule has 0 amide bonds. The van der Waals surface area contributed by atoms with Crippen molar-refractivity contribution in [2.45, 2.75) is 24.9 Å². The van der Waals surface area contributed by atoms with Crippen LogP contribution in [0.2, 0.25) is 0 Å². The molecule has 0 aromatic rings. The predicted octanol–water partition coefficient (Wildman–Crippen LogP) is 0.948. The SMILES string of the molecule is CC(=O)OCCOC(=O)C(O)(C(F)(F)F)C(F)(F)F. The van der Waals surface area contributed by atoms with Crippen LogP contribution < -0.4 is 0 Å². The Labute approximate surface area is 102 Å². The topological polar surface area (TPSA) is 72.8 Å². The molecular weight excluding hydrogens is 290 g/mol. The minimum absolute atomic E-state index is 0.743. The zero-order valence-corrected chi connectivity index (χ0v) is 9.26. The van der Waals surface area contributed by atoms with Crippen LogP contribution in [0.5, 0.6) is 0 Å². The fraction of sp³-hybridized carbons (Fsp3) is 0.750.